The van der Waals surface area contributed by atoms with Gasteiger partial charge >= 0.3 is 0 Å². The number of methoxy groups -OCH3 is 1. The van der Waals surface area contributed by atoms with Crippen LogP contribution in [0.25, 0.3) is 11.8 Å². The Hall–Kier alpha value is -1.83. The first-order chi connectivity index (χ1) is 12.0. The first-order valence-electron chi connectivity index (χ1n) is 9.63. The number of carbonyl (C=O) groups is 1. The molecule has 1 aromatic carbocycles. The van der Waals surface area contributed by atoms with Crippen LogP contribution in [0.1, 0.15) is 55.7 Å². The monoisotopic (exact) mass is 336 g/mol. The number of benzene rings is 1. The molecular formula is C23H28O2. The predicted molar refractivity (Wildman–Crippen MR) is 102 cm³/mol. The van der Waals surface area contributed by atoms with Gasteiger partial charge in [-0.2, -0.15) is 0 Å². The Balaban J connectivity index is 1.70. The Morgan fingerprint density at radius 1 is 1.08 bits per heavy atom. The van der Waals surface area contributed by atoms with Crippen LogP contribution in [0, 0.1) is 30.6 Å². The van der Waals surface area contributed by atoms with Gasteiger partial charge in [-0.05, 0) is 98.5 Å². The molecule has 0 amide bonds. The van der Waals surface area contributed by atoms with E-state index in [1.165, 1.54) is 43.2 Å². The van der Waals surface area contributed by atoms with Crippen molar-refractivity contribution in [1.29, 1.82) is 0 Å². The van der Waals surface area contributed by atoms with Crippen molar-refractivity contribution in [2.24, 2.45) is 23.7 Å². The molecule has 0 N–H and O–H groups in total. The zero-order chi connectivity index (χ0) is 17.6. The molecule has 0 spiro atoms. The van der Waals surface area contributed by atoms with E-state index in [9.17, 15) is 4.79 Å². The maximum absolute atomic E-state index is 11.2. The molecule has 5 rings (SSSR count). The summed E-state index contributed by atoms with van der Waals surface area (Å²) in [6.45, 7) is 3.69. The highest BCUT2D eigenvalue weighted by molar-refractivity contribution is 5.91. The van der Waals surface area contributed by atoms with Gasteiger partial charge in [0.15, 0.2) is 5.78 Å². The minimum atomic E-state index is 0.0803. The van der Waals surface area contributed by atoms with Gasteiger partial charge in [0.05, 0.1) is 7.11 Å². The molecule has 132 valence electrons. The molecule has 4 saturated carbocycles. The highest BCUT2D eigenvalue weighted by Gasteiger charge is 2.46. The molecule has 4 fully saturated rings. The van der Waals surface area contributed by atoms with Gasteiger partial charge in [0.25, 0.3) is 0 Å². The third kappa shape index (κ3) is 3.07. The second-order valence-electron chi connectivity index (χ2n) is 8.31. The van der Waals surface area contributed by atoms with Crippen LogP contribution in [-0.2, 0) is 9.53 Å². The Bertz CT molecular complexity index is 723. The highest BCUT2D eigenvalue weighted by atomic mass is 16.5. The number of allylic oxidation sites excluding steroid dienone is 2. The average molecular weight is 336 g/mol. The number of rotatable bonds is 4. The van der Waals surface area contributed by atoms with Crippen molar-refractivity contribution in [3.05, 3.63) is 46.5 Å². The van der Waals surface area contributed by atoms with Crippen LogP contribution in [0.5, 0.6) is 0 Å². The Labute approximate surface area is 151 Å². The van der Waals surface area contributed by atoms with Gasteiger partial charge in [-0.1, -0.05) is 18.2 Å². The van der Waals surface area contributed by atoms with E-state index in [2.05, 4.69) is 25.1 Å². The average Bonchev–Trinajstić information content (AvgIpc) is 2.56. The summed E-state index contributed by atoms with van der Waals surface area (Å²) in [5, 5.41) is 0. The summed E-state index contributed by atoms with van der Waals surface area (Å²) < 4.78 is 5.96. The third-order valence-electron chi connectivity index (χ3n) is 6.51. The topological polar surface area (TPSA) is 26.3 Å². The van der Waals surface area contributed by atoms with Crippen molar-refractivity contribution >= 4 is 17.6 Å². The minimum absolute atomic E-state index is 0.0803. The quantitative estimate of drug-likeness (QED) is 0.543. The summed E-state index contributed by atoms with van der Waals surface area (Å²) in [5.41, 5.74) is 5.09. The molecule has 0 saturated heterocycles. The zero-order valence-electron chi connectivity index (χ0n) is 15.5. The van der Waals surface area contributed by atoms with Crippen molar-refractivity contribution in [2.75, 3.05) is 7.11 Å². The van der Waals surface area contributed by atoms with Crippen molar-refractivity contribution in [3.8, 4) is 0 Å². The van der Waals surface area contributed by atoms with Crippen LogP contribution in [0.4, 0.5) is 0 Å². The van der Waals surface area contributed by atoms with Gasteiger partial charge < -0.3 is 4.74 Å². The van der Waals surface area contributed by atoms with E-state index < -0.39 is 0 Å². The van der Waals surface area contributed by atoms with Gasteiger partial charge in [0.1, 0.15) is 5.76 Å². The van der Waals surface area contributed by atoms with Gasteiger partial charge in [-0.25, -0.2) is 0 Å². The molecule has 4 aliphatic carbocycles. The summed E-state index contributed by atoms with van der Waals surface area (Å²) >= 11 is 0. The fraction of sp³-hybridized carbons (Fsp3) is 0.522. The largest absolute Gasteiger partial charge is 0.496 e. The van der Waals surface area contributed by atoms with Crippen molar-refractivity contribution in [1.82, 2.24) is 0 Å². The summed E-state index contributed by atoms with van der Waals surface area (Å²) in [7, 11) is 1.83. The normalized spacial score (nSPS) is 30.1. The Kier molecular flexibility index (Phi) is 4.31. The van der Waals surface area contributed by atoms with Crippen LogP contribution < -0.4 is 0 Å². The summed E-state index contributed by atoms with van der Waals surface area (Å²) in [5.74, 6) is 4.61. The van der Waals surface area contributed by atoms with Gasteiger partial charge in [-0.3, -0.25) is 4.79 Å². The summed E-state index contributed by atoms with van der Waals surface area (Å²) in [4.78, 5) is 11.2. The smallest absolute Gasteiger partial charge is 0.152 e. The third-order valence-corrected chi connectivity index (χ3v) is 6.51. The summed E-state index contributed by atoms with van der Waals surface area (Å²) in [6.07, 6.45) is 10.5. The molecule has 2 nitrogen and oxygen atoms in total. The standard InChI is InChI=1S/C23H28O2/c1-14-8-19(7-6-18(14)5-4-15(2)24)23(25-3)22-20-10-16-9-17(12-20)13-21(22)11-16/h4-8,16-17,20-21H,9-13H2,1-3H3/b5-4+,23-22?. The van der Waals surface area contributed by atoms with E-state index in [-0.39, 0.29) is 5.78 Å². The molecule has 0 heterocycles. The van der Waals surface area contributed by atoms with Crippen LogP contribution in [0.15, 0.2) is 29.8 Å². The van der Waals surface area contributed by atoms with Gasteiger partial charge in [0, 0.05) is 5.56 Å². The molecule has 0 aromatic heterocycles. The molecule has 2 heteroatoms. The lowest BCUT2D eigenvalue weighted by Gasteiger charge is -2.51. The van der Waals surface area contributed by atoms with Crippen LogP contribution in [-0.4, -0.2) is 12.9 Å². The van der Waals surface area contributed by atoms with Crippen LogP contribution in [0.2, 0.25) is 0 Å². The molecular weight excluding hydrogens is 308 g/mol. The van der Waals surface area contributed by atoms with Gasteiger partial charge in [-0.15, -0.1) is 0 Å². The lowest BCUT2D eigenvalue weighted by atomic mass is 9.54. The molecule has 4 aliphatic rings. The fourth-order valence-electron chi connectivity index (χ4n) is 5.68. The van der Waals surface area contributed by atoms with Gasteiger partial charge in [0.2, 0.25) is 0 Å². The molecule has 0 radical (unpaired) electrons. The maximum Gasteiger partial charge on any atom is 0.152 e. The molecule has 25 heavy (non-hydrogen) atoms. The molecule has 0 aliphatic heterocycles. The van der Waals surface area contributed by atoms with E-state index in [1.54, 1.807) is 18.6 Å². The highest BCUT2D eigenvalue weighted by Crippen LogP contribution is 2.57. The van der Waals surface area contributed by atoms with E-state index in [1.807, 2.05) is 13.2 Å². The Morgan fingerprint density at radius 3 is 2.24 bits per heavy atom. The van der Waals surface area contributed by atoms with E-state index >= 15 is 0 Å². The lowest BCUT2D eigenvalue weighted by Crippen LogP contribution is -2.40. The van der Waals surface area contributed by atoms with Crippen molar-refractivity contribution < 1.29 is 9.53 Å². The fourth-order valence-corrected chi connectivity index (χ4v) is 5.68. The van der Waals surface area contributed by atoms with Crippen LogP contribution in [0.3, 0.4) is 0 Å². The first-order valence-corrected chi connectivity index (χ1v) is 9.63. The van der Waals surface area contributed by atoms with E-state index in [0.717, 1.165) is 35.0 Å². The maximum atomic E-state index is 11.2. The minimum Gasteiger partial charge on any atom is -0.496 e. The number of aryl methyl sites for hydroxylation is 1. The number of ether oxygens (including phenoxy) is 1. The molecule has 0 atom stereocenters. The van der Waals surface area contributed by atoms with Crippen LogP contribution >= 0.6 is 0 Å². The predicted octanol–water partition coefficient (Wildman–Crippen LogP) is 5.41. The second-order valence-corrected chi connectivity index (χ2v) is 8.31. The van der Waals surface area contributed by atoms with E-state index in [4.69, 9.17) is 4.74 Å². The zero-order valence-corrected chi connectivity index (χ0v) is 15.5. The van der Waals surface area contributed by atoms with E-state index in [0.29, 0.717) is 0 Å². The molecule has 1 aromatic rings. The number of ketones is 1. The van der Waals surface area contributed by atoms with Crippen molar-refractivity contribution in [3.63, 3.8) is 0 Å². The number of hydrogen-bond donors (Lipinski definition) is 0. The molecule has 0 unspecified atom stereocenters. The number of carbonyl (C=O) groups excluding carboxylic acids is 1. The molecule has 4 bridgehead atoms. The summed E-state index contributed by atoms with van der Waals surface area (Å²) in [6, 6.07) is 6.49. The second kappa shape index (κ2) is 6.48. The lowest BCUT2D eigenvalue weighted by molar-refractivity contribution is -0.112. The Morgan fingerprint density at radius 2 is 1.72 bits per heavy atom. The first kappa shape index (κ1) is 16.6. The number of hydrogen-bond acceptors (Lipinski definition) is 2. The SMILES string of the molecule is COC(=C1C2CC3CC(C2)CC1C3)c1ccc(/C=C/C(C)=O)c(C)c1. The van der Waals surface area contributed by atoms with Crippen molar-refractivity contribution in [2.45, 2.75) is 46.0 Å².